The van der Waals surface area contributed by atoms with Crippen LogP contribution < -0.4 is 10.1 Å². The molecule has 0 aromatic heterocycles. The van der Waals surface area contributed by atoms with Crippen molar-refractivity contribution in [3.05, 3.63) is 59.7 Å². The largest absolute Gasteiger partial charge is 0.482 e. The third-order valence-corrected chi connectivity index (χ3v) is 5.50. The number of carboxylic acid groups (broad SMARTS) is 1. The van der Waals surface area contributed by atoms with Crippen molar-refractivity contribution in [2.75, 3.05) is 25.0 Å². The normalized spacial score (nSPS) is 17.9. The molecule has 2 aromatic rings. The second-order valence-electron chi connectivity index (χ2n) is 7.09. The molecule has 0 atom stereocenters. The van der Waals surface area contributed by atoms with Crippen molar-refractivity contribution in [3.63, 3.8) is 0 Å². The van der Waals surface area contributed by atoms with Crippen LogP contribution in [0.3, 0.4) is 0 Å². The Bertz CT molecular complexity index is 933. The molecule has 0 radical (unpaired) electrons. The van der Waals surface area contributed by atoms with Gasteiger partial charge < -0.3 is 20.1 Å². The molecule has 0 saturated carbocycles. The maximum absolute atomic E-state index is 12.9. The highest BCUT2D eigenvalue weighted by Crippen LogP contribution is 2.37. The van der Waals surface area contributed by atoms with Gasteiger partial charge in [0.05, 0.1) is 11.1 Å². The lowest BCUT2D eigenvalue weighted by Gasteiger charge is -2.39. The minimum atomic E-state index is -0.971. The van der Waals surface area contributed by atoms with E-state index in [9.17, 15) is 19.5 Å². The van der Waals surface area contributed by atoms with Gasteiger partial charge >= 0.3 is 5.97 Å². The summed E-state index contributed by atoms with van der Waals surface area (Å²) in [5.74, 6) is -0.792. The van der Waals surface area contributed by atoms with E-state index in [1.165, 1.54) is 0 Å². The average molecular weight is 380 g/mol. The first-order valence-electron chi connectivity index (χ1n) is 9.14. The van der Waals surface area contributed by atoms with Crippen LogP contribution in [0, 0.1) is 0 Å². The summed E-state index contributed by atoms with van der Waals surface area (Å²) in [4.78, 5) is 38.0. The number of carboxylic acids is 1. The molecule has 0 unspecified atom stereocenters. The van der Waals surface area contributed by atoms with Crippen molar-refractivity contribution < 1.29 is 24.2 Å². The third-order valence-electron chi connectivity index (χ3n) is 5.50. The van der Waals surface area contributed by atoms with Crippen molar-refractivity contribution >= 4 is 23.5 Å². The predicted octanol–water partition coefficient (Wildman–Crippen LogP) is 2.28. The molecule has 7 nitrogen and oxygen atoms in total. The van der Waals surface area contributed by atoms with Gasteiger partial charge in [-0.2, -0.15) is 0 Å². The Kier molecular flexibility index (Phi) is 4.50. The maximum Gasteiger partial charge on any atom is 0.314 e. The number of carbonyl (C=O) groups is 3. The Morgan fingerprint density at radius 1 is 1.07 bits per heavy atom. The van der Waals surface area contributed by atoms with Crippen molar-refractivity contribution in [3.8, 4) is 5.75 Å². The van der Waals surface area contributed by atoms with Crippen LogP contribution >= 0.6 is 0 Å². The summed E-state index contributed by atoms with van der Waals surface area (Å²) in [5, 5.41) is 12.6. The molecule has 2 amide bonds. The molecule has 2 aliphatic rings. The Labute approximate surface area is 161 Å². The van der Waals surface area contributed by atoms with Crippen molar-refractivity contribution in [2.24, 2.45) is 0 Å². The monoisotopic (exact) mass is 380 g/mol. The van der Waals surface area contributed by atoms with Crippen LogP contribution in [-0.4, -0.2) is 47.5 Å². The van der Waals surface area contributed by atoms with E-state index in [1.54, 1.807) is 23.1 Å². The van der Waals surface area contributed by atoms with Gasteiger partial charge in [0, 0.05) is 18.7 Å². The number of carbonyl (C=O) groups excluding carboxylic acids is 2. The van der Waals surface area contributed by atoms with E-state index >= 15 is 0 Å². The molecule has 4 rings (SSSR count). The smallest absolute Gasteiger partial charge is 0.314 e. The van der Waals surface area contributed by atoms with Gasteiger partial charge in [-0.25, -0.2) is 0 Å². The molecule has 1 fully saturated rings. The molecule has 2 aliphatic heterocycles. The zero-order valence-corrected chi connectivity index (χ0v) is 15.2. The fourth-order valence-electron chi connectivity index (χ4n) is 3.86. The van der Waals surface area contributed by atoms with Crippen molar-refractivity contribution in [2.45, 2.75) is 18.3 Å². The van der Waals surface area contributed by atoms with E-state index in [2.05, 4.69) is 5.32 Å². The summed E-state index contributed by atoms with van der Waals surface area (Å²) in [6, 6.07) is 14.1. The summed E-state index contributed by atoms with van der Waals surface area (Å²) in [6.45, 7) is 0.635. The van der Waals surface area contributed by atoms with E-state index in [1.807, 2.05) is 30.3 Å². The summed E-state index contributed by atoms with van der Waals surface area (Å²) in [6.07, 6.45) is 0.713. The molecule has 2 N–H and O–H groups in total. The molecule has 2 heterocycles. The lowest BCUT2D eigenvalue weighted by Crippen LogP contribution is -2.49. The van der Waals surface area contributed by atoms with Crippen LogP contribution in [0.15, 0.2) is 48.5 Å². The lowest BCUT2D eigenvalue weighted by atomic mass is 9.73. The fraction of sp³-hybridized carbons (Fsp3) is 0.286. The van der Waals surface area contributed by atoms with Gasteiger partial charge in [0.25, 0.3) is 11.8 Å². The van der Waals surface area contributed by atoms with E-state index in [4.69, 9.17) is 4.74 Å². The van der Waals surface area contributed by atoms with Crippen LogP contribution in [0.1, 0.15) is 28.8 Å². The summed E-state index contributed by atoms with van der Waals surface area (Å²) < 4.78 is 5.38. The maximum atomic E-state index is 12.9. The first kappa shape index (κ1) is 18.0. The molecule has 7 heteroatoms. The second kappa shape index (κ2) is 6.99. The molecule has 28 heavy (non-hydrogen) atoms. The number of benzene rings is 2. The van der Waals surface area contributed by atoms with E-state index in [0.717, 1.165) is 5.56 Å². The van der Waals surface area contributed by atoms with Gasteiger partial charge in [-0.15, -0.1) is 0 Å². The fourth-order valence-corrected chi connectivity index (χ4v) is 3.86. The molecular weight excluding hydrogens is 360 g/mol. The molecule has 0 spiro atoms. The number of ether oxygens (including phenoxy) is 1. The lowest BCUT2D eigenvalue weighted by molar-refractivity contribution is -0.145. The highest BCUT2D eigenvalue weighted by molar-refractivity contribution is 5.99. The van der Waals surface area contributed by atoms with Gasteiger partial charge in [-0.3, -0.25) is 14.4 Å². The Hall–Kier alpha value is -3.35. The number of anilines is 1. The third kappa shape index (κ3) is 3.09. The van der Waals surface area contributed by atoms with Crippen LogP contribution in [0.5, 0.6) is 5.75 Å². The topological polar surface area (TPSA) is 95.9 Å². The Morgan fingerprint density at radius 3 is 2.46 bits per heavy atom. The van der Waals surface area contributed by atoms with Gasteiger partial charge in [0.2, 0.25) is 0 Å². The molecule has 1 saturated heterocycles. The first-order chi connectivity index (χ1) is 13.5. The minimum absolute atomic E-state index is 0.0768. The van der Waals surface area contributed by atoms with E-state index < -0.39 is 11.4 Å². The van der Waals surface area contributed by atoms with Crippen LogP contribution in [0.4, 0.5) is 5.69 Å². The van der Waals surface area contributed by atoms with E-state index in [0.29, 0.717) is 42.9 Å². The molecular formula is C21H20N2O5. The first-order valence-corrected chi connectivity index (χ1v) is 9.14. The van der Waals surface area contributed by atoms with Gasteiger partial charge in [0.15, 0.2) is 6.61 Å². The number of piperidine rings is 1. The zero-order valence-electron chi connectivity index (χ0n) is 15.2. The Balaban J connectivity index is 1.51. The molecule has 2 aromatic carbocycles. The number of hydrogen-bond acceptors (Lipinski definition) is 4. The van der Waals surface area contributed by atoms with Gasteiger partial charge in [-0.1, -0.05) is 30.3 Å². The second-order valence-corrected chi connectivity index (χ2v) is 7.09. The Morgan fingerprint density at radius 2 is 1.79 bits per heavy atom. The number of nitrogens with one attached hydrogen (secondary N) is 1. The number of rotatable bonds is 3. The minimum Gasteiger partial charge on any atom is -0.482 e. The van der Waals surface area contributed by atoms with Crippen LogP contribution in [0.2, 0.25) is 0 Å². The van der Waals surface area contributed by atoms with E-state index in [-0.39, 0.29) is 18.4 Å². The number of likely N-dealkylation sites (tertiary alicyclic amines) is 1. The van der Waals surface area contributed by atoms with Crippen molar-refractivity contribution in [1.29, 1.82) is 0 Å². The summed E-state index contributed by atoms with van der Waals surface area (Å²) >= 11 is 0. The average Bonchev–Trinajstić information content (AvgIpc) is 2.73. The highest BCUT2D eigenvalue weighted by atomic mass is 16.5. The number of fused-ring (bicyclic) bond motifs is 1. The molecule has 0 aliphatic carbocycles. The molecule has 0 bridgehead atoms. The molecule has 144 valence electrons. The predicted molar refractivity (Wildman–Crippen MR) is 101 cm³/mol. The number of nitrogens with zero attached hydrogens (tertiary/aromatic N) is 1. The SMILES string of the molecule is O=C1COc2cc(C(=O)N3CCC(C(=O)O)(c4ccccc4)CC3)ccc2N1. The standard InChI is InChI=1S/C21H20N2O5/c24-18-13-28-17-12-14(6-7-16(17)22-18)19(25)23-10-8-21(9-11-23,20(26)27)15-4-2-1-3-5-15/h1-7,12H,8-11,13H2,(H,22,24)(H,26,27). The van der Waals surface area contributed by atoms with Gasteiger partial charge in [0.1, 0.15) is 5.75 Å². The van der Waals surface area contributed by atoms with Crippen molar-refractivity contribution in [1.82, 2.24) is 4.90 Å². The summed E-state index contributed by atoms with van der Waals surface area (Å²) in [7, 11) is 0. The number of hydrogen-bond donors (Lipinski definition) is 2. The van der Waals surface area contributed by atoms with Crippen LogP contribution in [-0.2, 0) is 15.0 Å². The highest BCUT2D eigenvalue weighted by Gasteiger charge is 2.44. The summed E-state index contributed by atoms with van der Waals surface area (Å²) in [5.41, 5.74) is 0.798. The quantitative estimate of drug-likeness (QED) is 0.852. The van der Waals surface area contributed by atoms with Gasteiger partial charge in [-0.05, 0) is 36.6 Å². The zero-order chi connectivity index (χ0) is 19.7. The number of amides is 2. The number of aliphatic carboxylic acids is 1. The van der Waals surface area contributed by atoms with Crippen LogP contribution in [0.25, 0.3) is 0 Å².